The lowest BCUT2D eigenvalue weighted by Gasteiger charge is -2.38. The summed E-state index contributed by atoms with van der Waals surface area (Å²) >= 11 is 0. The molecular formula is C20H17F3N4O. The van der Waals surface area contributed by atoms with Crippen LogP contribution in [0.3, 0.4) is 0 Å². The molecule has 0 bridgehead atoms. The van der Waals surface area contributed by atoms with E-state index in [1.54, 1.807) is 28.8 Å². The second-order valence-corrected chi connectivity index (χ2v) is 6.66. The highest BCUT2D eigenvalue weighted by Crippen LogP contribution is 2.49. The van der Waals surface area contributed by atoms with Gasteiger partial charge in [-0.05, 0) is 17.7 Å². The minimum atomic E-state index is -4.68. The first kappa shape index (κ1) is 19.4. The van der Waals surface area contributed by atoms with Gasteiger partial charge in [-0.15, -0.1) is 0 Å². The molecule has 1 aliphatic rings. The van der Waals surface area contributed by atoms with Crippen molar-refractivity contribution >= 4 is 5.91 Å². The second kappa shape index (κ2) is 7.35. The Hall–Kier alpha value is -3.34. The summed E-state index contributed by atoms with van der Waals surface area (Å²) in [6.07, 6.45) is 2.53. The van der Waals surface area contributed by atoms with Crippen LogP contribution in [0.1, 0.15) is 16.8 Å². The fourth-order valence-corrected chi connectivity index (χ4v) is 3.39. The molecule has 28 heavy (non-hydrogen) atoms. The summed E-state index contributed by atoms with van der Waals surface area (Å²) in [5, 5.41) is 8.86. The fourth-order valence-electron chi connectivity index (χ4n) is 3.39. The number of carbonyl (C=O) groups is 1. The van der Waals surface area contributed by atoms with Gasteiger partial charge in [-0.25, -0.2) is 4.98 Å². The van der Waals surface area contributed by atoms with Gasteiger partial charge in [0.25, 0.3) is 0 Å². The maximum Gasteiger partial charge on any atom is 0.399 e. The summed E-state index contributed by atoms with van der Waals surface area (Å²) in [6.45, 7) is 0.287. The normalized spacial score (nSPS) is 21.4. The number of carbonyl (C=O) groups excluding carboxylic acids is 1. The lowest BCUT2D eigenvalue weighted by atomic mass is 9.68. The average molecular weight is 386 g/mol. The number of hydrogen-bond donors (Lipinski definition) is 1. The minimum Gasteiger partial charge on any atom is -0.369 e. The van der Waals surface area contributed by atoms with Crippen LogP contribution in [-0.2, 0) is 17.8 Å². The second-order valence-electron chi connectivity index (χ2n) is 6.66. The molecule has 0 radical (unpaired) electrons. The summed E-state index contributed by atoms with van der Waals surface area (Å²) in [5.41, 5.74) is 4.48. The Labute approximate surface area is 159 Å². The van der Waals surface area contributed by atoms with Crippen LogP contribution in [0.15, 0.2) is 61.1 Å². The highest BCUT2D eigenvalue weighted by Gasteiger charge is 2.59. The Bertz CT molecular complexity index is 967. The van der Waals surface area contributed by atoms with Gasteiger partial charge in [0.1, 0.15) is 5.41 Å². The Kier molecular flexibility index (Phi) is 5.10. The zero-order valence-electron chi connectivity index (χ0n) is 14.7. The van der Waals surface area contributed by atoms with E-state index in [-0.39, 0.29) is 6.54 Å². The Morgan fingerprint density at radius 1 is 1.29 bits per heavy atom. The molecule has 0 spiro atoms. The van der Waals surface area contributed by atoms with Crippen LogP contribution < -0.4 is 5.73 Å². The molecule has 1 amide bonds. The smallest absolute Gasteiger partial charge is 0.369 e. The van der Waals surface area contributed by atoms with E-state index in [2.05, 4.69) is 4.98 Å². The van der Waals surface area contributed by atoms with E-state index in [0.717, 1.165) is 11.6 Å². The molecule has 2 atom stereocenters. The lowest BCUT2D eigenvalue weighted by Crippen LogP contribution is -2.50. The van der Waals surface area contributed by atoms with Crippen molar-refractivity contribution in [3.05, 3.63) is 77.9 Å². The molecule has 0 saturated carbocycles. The summed E-state index contributed by atoms with van der Waals surface area (Å²) in [4.78, 5) is 15.8. The van der Waals surface area contributed by atoms with Crippen LogP contribution in [0.5, 0.6) is 0 Å². The van der Waals surface area contributed by atoms with Crippen LogP contribution in [-0.4, -0.2) is 21.6 Å². The Morgan fingerprint density at radius 2 is 2.00 bits per heavy atom. The van der Waals surface area contributed by atoms with Gasteiger partial charge in [-0.1, -0.05) is 36.4 Å². The fraction of sp³-hybridized carbons (Fsp3) is 0.250. The predicted molar refractivity (Wildman–Crippen MR) is 95.6 cm³/mol. The number of nitrogens with two attached hydrogens (primary N) is 1. The highest BCUT2D eigenvalue weighted by molar-refractivity contribution is 5.80. The standard InChI is InChI=1S/C20H17F3N4O/c21-20(22,23)19(8-2-1-3-17(19)18(25)28)9-16-11-26-13-27(16)12-15-6-4-14(10-24)5-7-15/h1-8,11,13,17H,9,12H2,(H2,25,28). The number of rotatable bonds is 5. The van der Waals surface area contributed by atoms with Crippen LogP contribution in [0.2, 0.25) is 0 Å². The molecule has 1 aromatic heterocycles. The summed E-state index contributed by atoms with van der Waals surface area (Å²) in [7, 11) is 0. The van der Waals surface area contributed by atoms with E-state index in [9.17, 15) is 18.0 Å². The Morgan fingerprint density at radius 3 is 2.61 bits per heavy atom. The Balaban J connectivity index is 1.94. The third-order valence-electron chi connectivity index (χ3n) is 4.91. The van der Waals surface area contributed by atoms with Crippen molar-refractivity contribution in [2.45, 2.75) is 19.1 Å². The van der Waals surface area contributed by atoms with Crippen LogP contribution in [0.25, 0.3) is 0 Å². The number of alkyl halides is 3. The number of allylic oxidation sites excluding steroid dienone is 3. The molecule has 5 nitrogen and oxygen atoms in total. The van der Waals surface area contributed by atoms with Crippen molar-refractivity contribution in [1.82, 2.24) is 9.55 Å². The number of imidazole rings is 1. The summed E-state index contributed by atoms with van der Waals surface area (Å²) in [5.74, 6) is -2.54. The number of primary amides is 1. The number of nitriles is 1. The third-order valence-corrected chi connectivity index (χ3v) is 4.91. The summed E-state index contributed by atoms with van der Waals surface area (Å²) in [6, 6.07) is 8.76. The van der Waals surface area contributed by atoms with E-state index >= 15 is 0 Å². The monoisotopic (exact) mass is 386 g/mol. The van der Waals surface area contributed by atoms with Gasteiger partial charge in [0.2, 0.25) is 5.91 Å². The predicted octanol–water partition coefficient (Wildman–Crippen LogP) is 3.12. The molecular weight excluding hydrogens is 369 g/mol. The van der Waals surface area contributed by atoms with Gasteiger partial charge in [0, 0.05) is 24.9 Å². The number of halogens is 3. The molecule has 1 heterocycles. The van der Waals surface area contributed by atoms with Crippen LogP contribution in [0.4, 0.5) is 13.2 Å². The zero-order valence-corrected chi connectivity index (χ0v) is 14.7. The first-order valence-electron chi connectivity index (χ1n) is 8.47. The van der Waals surface area contributed by atoms with E-state index in [1.807, 2.05) is 6.07 Å². The van der Waals surface area contributed by atoms with E-state index in [4.69, 9.17) is 11.0 Å². The van der Waals surface area contributed by atoms with E-state index in [0.29, 0.717) is 11.3 Å². The maximum atomic E-state index is 14.1. The van der Waals surface area contributed by atoms with Gasteiger partial charge in [-0.3, -0.25) is 4.79 Å². The molecule has 2 aromatic rings. The van der Waals surface area contributed by atoms with Crippen molar-refractivity contribution in [2.75, 3.05) is 0 Å². The first-order chi connectivity index (χ1) is 13.3. The summed E-state index contributed by atoms with van der Waals surface area (Å²) < 4.78 is 43.9. The largest absolute Gasteiger partial charge is 0.399 e. The minimum absolute atomic E-state index is 0.287. The van der Waals surface area contributed by atoms with Gasteiger partial charge in [0.15, 0.2) is 0 Å². The van der Waals surface area contributed by atoms with Crippen LogP contribution in [0, 0.1) is 22.7 Å². The molecule has 0 fully saturated rings. The molecule has 8 heteroatoms. The molecule has 144 valence electrons. The first-order valence-corrected chi connectivity index (χ1v) is 8.47. The van der Waals surface area contributed by atoms with Crippen molar-refractivity contribution in [3.8, 4) is 6.07 Å². The van der Waals surface area contributed by atoms with Gasteiger partial charge in [-0.2, -0.15) is 18.4 Å². The SMILES string of the molecule is N#Cc1ccc(Cn2cncc2CC2(C(F)(F)F)C=CC=CC2C(N)=O)cc1. The van der Waals surface area contributed by atoms with Crippen molar-refractivity contribution in [3.63, 3.8) is 0 Å². The van der Waals surface area contributed by atoms with Gasteiger partial charge >= 0.3 is 6.18 Å². The van der Waals surface area contributed by atoms with Crippen molar-refractivity contribution in [2.24, 2.45) is 17.1 Å². The molecule has 3 rings (SSSR count). The van der Waals surface area contributed by atoms with E-state index in [1.165, 1.54) is 30.8 Å². The zero-order chi connectivity index (χ0) is 20.4. The molecule has 0 aliphatic heterocycles. The van der Waals surface area contributed by atoms with Gasteiger partial charge in [0.05, 0.1) is 23.9 Å². The molecule has 1 aromatic carbocycles. The van der Waals surface area contributed by atoms with Crippen LogP contribution >= 0.6 is 0 Å². The molecule has 2 unspecified atom stereocenters. The van der Waals surface area contributed by atoms with Gasteiger partial charge < -0.3 is 10.3 Å². The maximum absolute atomic E-state index is 14.1. The number of amides is 1. The highest BCUT2D eigenvalue weighted by atomic mass is 19.4. The third kappa shape index (κ3) is 3.56. The van der Waals surface area contributed by atoms with Crippen molar-refractivity contribution < 1.29 is 18.0 Å². The van der Waals surface area contributed by atoms with E-state index < -0.39 is 29.8 Å². The number of nitrogens with zero attached hydrogens (tertiary/aromatic N) is 3. The molecule has 0 saturated heterocycles. The number of aromatic nitrogens is 2. The quantitative estimate of drug-likeness (QED) is 0.857. The number of hydrogen-bond acceptors (Lipinski definition) is 3. The molecule has 1 aliphatic carbocycles. The molecule has 2 N–H and O–H groups in total. The number of benzene rings is 1. The topological polar surface area (TPSA) is 84.7 Å². The lowest BCUT2D eigenvalue weighted by molar-refractivity contribution is -0.218. The van der Waals surface area contributed by atoms with Crippen molar-refractivity contribution in [1.29, 1.82) is 5.26 Å². The average Bonchev–Trinajstić information content (AvgIpc) is 3.08.